The molecule has 41 heavy (non-hydrogen) atoms. The lowest BCUT2D eigenvalue weighted by Gasteiger charge is -2.45. The summed E-state index contributed by atoms with van der Waals surface area (Å²) in [6.07, 6.45) is 6.75. The van der Waals surface area contributed by atoms with Crippen molar-refractivity contribution in [3.8, 4) is 0 Å². The fraction of sp³-hybridized carbons (Fsp3) is 0.444. The van der Waals surface area contributed by atoms with Crippen LogP contribution in [-0.4, -0.2) is 54.2 Å². The smallest absolute Gasteiger partial charge is 0.253 e. The molecule has 5 rings (SSSR count). The van der Waals surface area contributed by atoms with Crippen LogP contribution in [0.2, 0.25) is 5.02 Å². The molecule has 2 fully saturated rings. The number of carbonyl (C=O) groups is 2. The average Bonchev–Trinajstić information content (AvgIpc) is 3.00. The number of hydrogen-bond donors (Lipinski definition) is 0. The van der Waals surface area contributed by atoms with Gasteiger partial charge in [-0.25, -0.2) is 0 Å². The number of nitrogens with zero attached hydrogens (tertiary/aromatic N) is 2. The van der Waals surface area contributed by atoms with Crippen molar-refractivity contribution in [2.24, 2.45) is 0 Å². The van der Waals surface area contributed by atoms with E-state index >= 15 is 0 Å². The Hall–Kier alpha value is -2.95. The maximum absolute atomic E-state index is 13.5. The van der Waals surface area contributed by atoms with Crippen LogP contribution >= 0.6 is 11.6 Å². The molecule has 2 aliphatic rings. The molecule has 0 aliphatic carbocycles. The van der Waals surface area contributed by atoms with Gasteiger partial charge in [-0.1, -0.05) is 72.3 Å². The van der Waals surface area contributed by atoms with Gasteiger partial charge in [-0.15, -0.1) is 0 Å². The van der Waals surface area contributed by atoms with Crippen molar-refractivity contribution in [3.63, 3.8) is 0 Å². The number of Topliss-reactive ketones (excluding diaryl/α,β-unsaturated/α-hetero) is 1. The minimum atomic E-state index is -0.113. The topological polar surface area (TPSA) is 40.6 Å². The molecule has 4 nitrogen and oxygen atoms in total. The normalized spacial score (nSPS) is 21.0. The van der Waals surface area contributed by atoms with Gasteiger partial charge in [-0.05, 0) is 107 Å². The number of halogens is 1. The van der Waals surface area contributed by atoms with Crippen molar-refractivity contribution < 1.29 is 9.59 Å². The maximum Gasteiger partial charge on any atom is 0.253 e. The van der Waals surface area contributed by atoms with Gasteiger partial charge >= 0.3 is 0 Å². The highest BCUT2D eigenvalue weighted by Gasteiger charge is 2.40. The first-order valence-corrected chi connectivity index (χ1v) is 15.6. The van der Waals surface area contributed by atoms with Crippen LogP contribution < -0.4 is 0 Å². The van der Waals surface area contributed by atoms with E-state index in [-0.39, 0.29) is 22.5 Å². The molecule has 3 aromatic rings. The zero-order chi connectivity index (χ0) is 28.9. The molecule has 2 saturated heterocycles. The van der Waals surface area contributed by atoms with Gasteiger partial charge in [0, 0.05) is 40.9 Å². The molecular weight excluding hydrogens is 528 g/mol. The molecular formula is C36H43ClN2O2. The third-order valence-electron chi connectivity index (χ3n) is 9.59. The quantitative estimate of drug-likeness (QED) is 0.266. The lowest BCUT2D eigenvalue weighted by molar-refractivity contribution is -0.118. The summed E-state index contributed by atoms with van der Waals surface area (Å²) in [6, 6.07) is 26.8. The summed E-state index contributed by atoms with van der Waals surface area (Å²) >= 11 is 6.65. The highest BCUT2D eigenvalue weighted by molar-refractivity contribution is 6.31. The summed E-state index contributed by atoms with van der Waals surface area (Å²) in [4.78, 5) is 30.4. The number of hydrogen-bond acceptors (Lipinski definition) is 3. The van der Waals surface area contributed by atoms with Crippen molar-refractivity contribution in [1.82, 2.24) is 9.80 Å². The van der Waals surface area contributed by atoms with Crippen LogP contribution in [0.5, 0.6) is 0 Å². The van der Waals surface area contributed by atoms with Gasteiger partial charge in [0.2, 0.25) is 0 Å². The molecule has 2 aliphatic heterocycles. The Morgan fingerprint density at radius 3 is 2.17 bits per heavy atom. The summed E-state index contributed by atoms with van der Waals surface area (Å²) in [5.41, 5.74) is 4.23. The molecule has 0 N–H and O–H groups in total. The molecule has 2 heterocycles. The molecule has 1 atom stereocenters. The average molecular weight is 571 g/mol. The van der Waals surface area contributed by atoms with E-state index < -0.39 is 0 Å². The molecule has 0 saturated carbocycles. The van der Waals surface area contributed by atoms with E-state index in [4.69, 9.17) is 11.6 Å². The van der Waals surface area contributed by atoms with E-state index in [1.165, 1.54) is 11.1 Å². The molecule has 1 amide bonds. The summed E-state index contributed by atoms with van der Waals surface area (Å²) < 4.78 is 0. The van der Waals surface area contributed by atoms with Crippen LogP contribution in [0.4, 0.5) is 0 Å². The van der Waals surface area contributed by atoms with Gasteiger partial charge in [-0.2, -0.15) is 0 Å². The number of likely N-dealkylation sites (tertiary alicyclic amines) is 2. The van der Waals surface area contributed by atoms with E-state index in [0.29, 0.717) is 6.42 Å². The van der Waals surface area contributed by atoms with Gasteiger partial charge in [0.05, 0.1) is 0 Å². The molecule has 5 heteroatoms. The molecule has 0 bridgehead atoms. The van der Waals surface area contributed by atoms with Crippen LogP contribution in [0, 0.1) is 6.92 Å². The number of ketones is 1. The van der Waals surface area contributed by atoms with Gasteiger partial charge in [-0.3, -0.25) is 9.59 Å². The number of amides is 1. The van der Waals surface area contributed by atoms with Gasteiger partial charge in [0.25, 0.3) is 5.91 Å². The molecule has 0 unspecified atom stereocenters. The van der Waals surface area contributed by atoms with Crippen LogP contribution in [0.15, 0.2) is 78.9 Å². The van der Waals surface area contributed by atoms with Gasteiger partial charge in [0.15, 0.2) is 0 Å². The second-order valence-electron chi connectivity index (χ2n) is 12.4. The second-order valence-corrected chi connectivity index (χ2v) is 12.8. The molecule has 0 spiro atoms. The van der Waals surface area contributed by atoms with Gasteiger partial charge in [0.1, 0.15) is 5.78 Å². The van der Waals surface area contributed by atoms with Crippen LogP contribution in [-0.2, 0) is 15.6 Å². The van der Waals surface area contributed by atoms with E-state index in [0.717, 1.165) is 87.4 Å². The highest BCUT2D eigenvalue weighted by atomic mass is 35.5. The van der Waals surface area contributed by atoms with Crippen molar-refractivity contribution in [3.05, 3.63) is 106 Å². The minimum absolute atomic E-state index is 0.0505. The lowest BCUT2D eigenvalue weighted by Crippen LogP contribution is -2.49. The van der Waals surface area contributed by atoms with Crippen molar-refractivity contribution in [1.29, 1.82) is 0 Å². The Labute approximate surface area is 250 Å². The molecule has 3 aromatic carbocycles. The minimum Gasteiger partial charge on any atom is -0.338 e. The predicted molar refractivity (Wildman–Crippen MR) is 168 cm³/mol. The number of rotatable bonds is 9. The Kier molecular flexibility index (Phi) is 9.31. The summed E-state index contributed by atoms with van der Waals surface area (Å²) in [6.45, 7) is 8.31. The molecule has 0 aromatic heterocycles. The Balaban J connectivity index is 1.29. The third-order valence-corrected chi connectivity index (χ3v) is 9.99. The lowest BCUT2D eigenvalue weighted by atomic mass is 9.69. The molecule has 216 valence electrons. The first kappa shape index (κ1) is 29.5. The van der Waals surface area contributed by atoms with Crippen molar-refractivity contribution >= 4 is 23.3 Å². The summed E-state index contributed by atoms with van der Waals surface area (Å²) in [5.74, 6) is 0.388. The maximum atomic E-state index is 13.5. The largest absolute Gasteiger partial charge is 0.338 e. The van der Waals surface area contributed by atoms with E-state index in [2.05, 4.69) is 58.3 Å². The summed E-state index contributed by atoms with van der Waals surface area (Å²) in [7, 11) is 0. The highest BCUT2D eigenvalue weighted by Crippen LogP contribution is 2.42. The number of benzene rings is 3. The monoisotopic (exact) mass is 570 g/mol. The standard InChI is InChI=1S/C36H43ClN2O2/c1-28-15-16-32(25-33(28)37)36(18-10-22-39(27-36)34(41)30-11-5-3-6-12-30)17-9-21-38-23-19-35(20-24-38,26-29(2)40)31-13-7-4-8-14-31/h3-8,11-16,25H,9-10,17-24,26-27H2,1-2H3/t36-/m0/s1. The first-order valence-electron chi connectivity index (χ1n) is 15.2. The SMILES string of the molecule is CC(=O)CC1(c2ccccc2)CCN(CCC[C@]2(c3ccc(C)c(Cl)c3)CCCN(C(=O)c3ccccc3)C2)CC1. The van der Waals surface area contributed by atoms with E-state index in [9.17, 15) is 9.59 Å². The third kappa shape index (κ3) is 6.76. The second kappa shape index (κ2) is 12.9. The van der Waals surface area contributed by atoms with Crippen LogP contribution in [0.1, 0.15) is 78.9 Å². The van der Waals surface area contributed by atoms with Crippen molar-refractivity contribution in [2.45, 2.75) is 69.6 Å². The van der Waals surface area contributed by atoms with Crippen molar-refractivity contribution in [2.75, 3.05) is 32.7 Å². The van der Waals surface area contributed by atoms with E-state index in [1.54, 1.807) is 6.92 Å². The van der Waals surface area contributed by atoms with Gasteiger partial charge < -0.3 is 9.80 Å². The fourth-order valence-electron chi connectivity index (χ4n) is 7.26. The van der Waals surface area contributed by atoms with E-state index in [1.807, 2.05) is 37.3 Å². The first-order chi connectivity index (χ1) is 19.8. The van der Waals surface area contributed by atoms with Crippen LogP contribution in [0.3, 0.4) is 0 Å². The Morgan fingerprint density at radius 1 is 0.829 bits per heavy atom. The fourth-order valence-corrected chi connectivity index (χ4v) is 7.44. The zero-order valence-corrected chi connectivity index (χ0v) is 25.3. The predicted octanol–water partition coefficient (Wildman–Crippen LogP) is 7.62. The number of carbonyl (C=O) groups excluding carboxylic acids is 2. The van der Waals surface area contributed by atoms with Crippen LogP contribution in [0.25, 0.3) is 0 Å². The molecule has 0 radical (unpaired) electrons. The Bertz CT molecular complexity index is 1330. The Morgan fingerprint density at radius 2 is 1.51 bits per heavy atom. The summed E-state index contributed by atoms with van der Waals surface area (Å²) in [5, 5.41) is 0.798. The number of piperidine rings is 2. The number of aryl methyl sites for hydroxylation is 1. The zero-order valence-electron chi connectivity index (χ0n) is 24.6.